The second-order valence-corrected chi connectivity index (χ2v) is 3.67. The molecule has 0 fully saturated rings. The fourth-order valence-electron chi connectivity index (χ4n) is 1.20. The lowest BCUT2D eigenvalue weighted by Gasteiger charge is -2.19. The van der Waals surface area contributed by atoms with Gasteiger partial charge in [0.15, 0.2) is 0 Å². The summed E-state index contributed by atoms with van der Waals surface area (Å²) in [5.74, 6) is -0.0153. The molecule has 84 valence electrons. The third-order valence-corrected chi connectivity index (χ3v) is 2.62. The van der Waals surface area contributed by atoms with Gasteiger partial charge in [-0.25, -0.2) is 4.98 Å². The van der Waals surface area contributed by atoms with E-state index in [1.807, 2.05) is 13.8 Å². The summed E-state index contributed by atoms with van der Waals surface area (Å²) in [5, 5.41) is 1.77. The lowest BCUT2D eigenvalue weighted by atomic mass is 10.4. The maximum absolute atomic E-state index is 11.8. The molecule has 0 atom stereocenters. The van der Waals surface area contributed by atoms with E-state index in [1.165, 1.54) is 11.3 Å². The Morgan fingerprint density at radius 1 is 1.60 bits per heavy atom. The number of nitrogens with zero attached hydrogens (tertiary/aromatic N) is 2. The summed E-state index contributed by atoms with van der Waals surface area (Å²) in [6.45, 7) is 6.47. The van der Waals surface area contributed by atoms with Gasteiger partial charge in [0.05, 0.1) is 12.1 Å². The molecule has 1 rings (SSSR count). The Balaban J connectivity index is 2.47. The van der Waals surface area contributed by atoms with Crippen LogP contribution in [-0.4, -0.2) is 42.1 Å². The summed E-state index contributed by atoms with van der Waals surface area (Å²) in [4.78, 5) is 17.6. The van der Waals surface area contributed by atoms with Crippen LogP contribution in [0.4, 0.5) is 0 Å². The molecule has 15 heavy (non-hydrogen) atoms. The van der Waals surface area contributed by atoms with Crippen LogP contribution in [0.5, 0.6) is 0 Å². The minimum absolute atomic E-state index is 0.0153. The van der Waals surface area contributed by atoms with Crippen molar-refractivity contribution in [2.45, 2.75) is 13.8 Å². The highest BCUT2D eigenvalue weighted by atomic mass is 32.1. The van der Waals surface area contributed by atoms with E-state index in [-0.39, 0.29) is 5.91 Å². The summed E-state index contributed by atoms with van der Waals surface area (Å²) in [6, 6.07) is 0. The lowest BCUT2D eigenvalue weighted by Crippen LogP contribution is -2.34. The van der Waals surface area contributed by atoms with Gasteiger partial charge in [0.1, 0.15) is 5.69 Å². The van der Waals surface area contributed by atoms with Crippen molar-refractivity contribution in [3.8, 4) is 0 Å². The number of amides is 1. The number of rotatable bonds is 6. The van der Waals surface area contributed by atoms with Gasteiger partial charge in [0.2, 0.25) is 0 Å². The smallest absolute Gasteiger partial charge is 0.273 e. The van der Waals surface area contributed by atoms with E-state index in [1.54, 1.807) is 15.8 Å². The number of carbonyl (C=O) groups is 1. The van der Waals surface area contributed by atoms with Gasteiger partial charge in [-0.1, -0.05) is 0 Å². The first-order chi connectivity index (χ1) is 7.29. The van der Waals surface area contributed by atoms with E-state index in [2.05, 4.69) is 4.98 Å². The fourth-order valence-corrected chi connectivity index (χ4v) is 1.73. The number of ether oxygens (including phenoxy) is 1. The first kappa shape index (κ1) is 12.1. The molecule has 4 nitrogen and oxygen atoms in total. The van der Waals surface area contributed by atoms with Crippen LogP contribution in [0.1, 0.15) is 24.3 Å². The van der Waals surface area contributed by atoms with E-state index < -0.39 is 0 Å². The number of likely N-dealkylation sites (N-methyl/N-ethyl adjacent to an activating group) is 1. The first-order valence-corrected chi connectivity index (χ1v) is 5.99. The molecule has 0 aromatic carbocycles. The molecule has 0 N–H and O–H groups in total. The van der Waals surface area contributed by atoms with E-state index in [4.69, 9.17) is 4.74 Å². The first-order valence-electron chi connectivity index (χ1n) is 5.04. The predicted molar refractivity (Wildman–Crippen MR) is 60.2 cm³/mol. The van der Waals surface area contributed by atoms with Gasteiger partial charge >= 0.3 is 0 Å². The summed E-state index contributed by atoms with van der Waals surface area (Å²) in [7, 11) is 0. The molecule has 1 aromatic heterocycles. The average Bonchev–Trinajstić information content (AvgIpc) is 2.77. The molecular weight excluding hydrogens is 212 g/mol. The third kappa shape index (κ3) is 3.60. The number of thiazole rings is 1. The quantitative estimate of drug-likeness (QED) is 0.695. The highest BCUT2D eigenvalue weighted by Crippen LogP contribution is 2.05. The Morgan fingerprint density at radius 2 is 2.40 bits per heavy atom. The molecule has 1 heterocycles. The van der Waals surface area contributed by atoms with Crippen LogP contribution in [0.25, 0.3) is 0 Å². The van der Waals surface area contributed by atoms with Crippen LogP contribution in [0, 0.1) is 0 Å². The maximum atomic E-state index is 11.8. The van der Waals surface area contributed by atoms with Crippen LogP contribution >= 0.6 is 11.3 Å². The van der Waals surface area contributed by atoms with Gasteiger partial charge in [-0.15, -0.1) is 11.3 Å². The highest BCUT2D eigenvalue weighted by Gasteiger charge is 2.15. The largest absolute Gasteiger partial charge is 0.380 e. The topological polar surface area (TPSA) is 42.4 Å². The van der Waals surface area contributed by atoms with Gasteiger partial charge in [0.25, 0.3) is 5.91 Å². The predicted octanol–water partition coefficient (Wildman–Crippen LogP) is 1.64. The minimum Gasteiger partial charge on any atom is -0.380 e. The number of carbonyl (C=O) groups excluding carboxylic acids is 1. The molecule has 0 unspecified atom stereocenters. The maximum Gasteiger partial charge on any atom is 0.273 e. The molecule has 0 bridgehead atoms. The van der Waals surface area contributed by atoms with E-state index in [0.29, 0.717) is 32.0 Å². The minimum atomic E-state index is -0.0153. The molecule has 0 saturated heterocycles. The summed E-state index contributed by atoms with van der Waals surface area (Å²) in [5.41, 5.74) is 2.20. The molecule has 1 aromatic rings. The van der Waals surface area contributed by atoms with Crippen molar-refractivity contribution >= 4 is 17.2 Å². The summed E-state index contributed by atoms with van der Waals surface area (Å²) in [6.07, 6.45) is 0. The van der Waals surface area contributed by atoms with Crippen LogP contribution in [0.2, 0.25) is 0 Å². The lowest BCUT2D eigenvalue weighted by molar-refractivity contribution is 0.0664. The Bertz CT molecular complexity index is 288. The zero-order valence-electron chi connectivity index (χ0n) is 9.10. The molecule has 0 aliphatic carbocycles. The molecule has 0 saturated carbocycles. The summed E-state index contributed by atoms with van der Waals surface area (Å²) < 4.78 is 5.22. The Kier molecular flexibility index (Phi) is 5.28. The summed E-state index contributed by atoms with van der Waals surface area (Å²) >= 11 is 1.43. The van der Waals surface area contributed by atoms with Gasteiger partial charge < -0.3 is 9.64 Å². The molecule has 0 spiro atoms. The van der Waals surface area contributed by atoms with E-state index in [0.717, 1.165) is 0 Å². The third-order valence-electron chi connectivity index (χ3n) is 2.03. The normalized spacial score (nSPS) is 10.3. The molecule has 1 amide bonds. The van der Waals surface area contributed by atoms with Crippen molar-refractivity contribution in [3.63, 3.8) is 0 Å². The molecule has 0 aliphatic rings. The Labute approximate surface area is 93.9 Å². The molecular formula is C10H16N2O2S. The molecule has 5 heteroatoms. The van der Waals surface area contributed by atoms with Gasteiger partial charge in [0, 0.05) is 25.1 Å². The number of hydrogen-bond donors (Lipinski definition) is 0. The SMILES string of the molecule is CCOCCN(CC)C(=O)c1cscn1. The average molecular weight is 228 g/mol. The van der Waals surface area contributed by atoms with Crippen LogP contribution in [-0.2, 0) is 4.74 Å². The van der Waals surface area contributed by atoms with Gasteiger partial charge in [-0.05, 0) is 13.8 Å². The zero-order chi connectivity index (χ0) is 11.1. The number of aromatic nitrogens is 1. The van der Waals surface area contributed by atoms with E-state index in [9.17, 15) is 4.79 Å². The van der Waals surface area contributed by atoms with Gasteiger partial charge in [-0.2, -0.15) is 0 Å². The van der Waals surface area contributed by atoms with Crippen molar-refractivity contribution < 1.29 is 9.53 Å². The Hall–Kier alpha value is -0.940. The Morgan fingerprint density at radius 3 is 2.93 bits per heavy atom. The van der Waals surface area contributed by atoms with Crippen molar-refractivity contribution in [2.75, 3.05) is 26.3 Å². The fraction of sp³-hybridized carbons (Fsp3) is 0.600. The number of hydrogen-bond acceptors (Lipinski definition) is 4. The zero-order valence-corrected chi connectivity index (χ0v) is 9.92. The molecule has 0 aliphatic heterocycles. The van der Waals surface area contributed by atoms with Crippen molar-refractivity contribution in [3.05, 3.63) is 16.6 Å². The highest BCUT2D eigenvalue weighted by molar-refractivity contribution is 7.07. The van der Waals surface area contributed by atoms with Crippen LogP contribution < -0.4 is 0 Å². The second-order valence-electron chi connectivity index (χ2n) is 2.96. The van der Waals surface area contributed by atoms with Crippen molar-refractivity contribution in [1.82, 2.24) is 9.88 Å². The standard InChI is InChI=1S/C10H16N2O2S/c1-3-12(5-6-14-4-2)10(13)9-7-15-8-11-9/h7-8H,3-6H2,1-2H3. The van der Waals surface area contributed by atoms with Crippen LogP contribution in [0.3, 0.4) is 0 Å². The van der Waals surface area contributed by atoms with E-state index >= 15 is 0 Å². The van der Waals surface area contributed by atoms with Crippen molar-refractivity contribution in [1.29, 1.82) is 0 Å². The monoisotopic (exact) mass is 228 g/mol. The second kappa shape index (κ2) is 6.53. The van der Waals surface area contributed by atoms with Crippen LogP contribution in [0.15, 0.2) is 10.9 Å². The van der Waals surface area contributed by atoms with Crippen molar-refractivity contribution in [2.24, 2.45) is 0 Å². The van der Waals surface area contributed by atoms with Gasteiger partial charge in [-0.3, -0.25) is 4.79 Å². The molecule has 0 radical (unpaired) electrons.